The molecule has 1 aromatic carbocycles. The van der Waals surface area contributed by atoms with E-state index in [9.17, 15) is 4.79 Å². The minimum absolute atomic E-state index is 0.00839. The highest BCUT2D eigenvalue weighted by Crippen LogP contribution is 2.28. The second kappa shape index (κ2) is 3.29. The van der Waals surface area contributed by atoms with E-state index in [2.05, 4.69) is 15.8 Å². The number of hydrogen-bond donors (Lipinski definition) is 2. The van der Waals surface area contributed by atoms with Gasteiger partial charge in [-0.05, 0) is 12.1 Å². The van der Waals surface area contributed by atoms with Gasteiger partial charge in [0.15, 0.2) is 0 Å². The Hall–Kier alpha value is -1.46. The predicted octanol–water partition coefficient (Wildman–Crippen LogP) is 1.01. The first-order chi connectivity index (χ1) is 7.34. The smallest absolute Gasteiger partial charge is 0.245 e. The van der Waals surface area contributed by atoms with Crippen molar-refractivity contribution in [3.05, 3.63) is 29.3 Å². The van der Waals surface area contributed by atoms with Gasteiger partial charge in [0.25, 0.3) is 0 Å². The lowest BCUT2D eigenvalue weighted by atomic mass is 10.2. The number of thiazole rings is 1. The fourth-order valence-electron chi connectivity index (χ4n) is 1.66. The molecule has 4 nitrogen and oxygen atoms in total. The number of hydrogen-bond acceptors (Lipinski definition) is 4. The highest BCUT2D eigenvalue weighted by molar-refractivity contribution is 7.18. The molecule has 0 spiro atoms. The van der Waals surface area contributed by atoms with E-state index in [0.29, 0.717) is 6.54 Å². The van der Waals surface area contributed by atoms with Crippen LogP contribution >= 0.6 is 11.3 Å². The fourth-order valence-corrected chi connectivity index (χ4v) is 2.73. The molecule has 1 aromatic heterocycles. The Morgan fingerprint density at radius 2 is 2.27 bits per heavy atom. The van der Waals surface area contributed by atoms with E-state index in [-0.39, 0.29) is 11.8 Å². The first-order valence-electron chi connectivity index (χ1n) is 4.73. The van der Waals surface area contributed by atoms with Crippen molar-refractivity contribution in [2.24, 2.45) is 0 Å². The van der Waals surface area contributed by atoms with E-state index < -0.39 is 0 Å². The van der Waals surface area contributed by atoms with Gasteiger partial charge in [0.05, 0.1) is 10.2 Å². The Bertz CT molecular complexity index is 489. The van der Waals surface area contributed by atoms with Crippen LogP contribution in [0.1, 0.15) is 10.9 Å². The summed E-state index contributed by atoms with van der Waals surface area (Å²) >= 11 is 1.59. The molecule has 1 aliphatic heterocycles. The summed E-state index contributed by atoms with van der Waals surface area (Å²) in [6, 6.07) is 7.93. The van der Waals surface area contributed by atoms with Gasteiger partial charge in [0, 0.05) is 6.54 Å². The molecule has 0 bridgehead atoms. The monoisotopic (exact) mass is 219 g/mol. The number of carbonyl (C=O) groups excluding carboxylic acids is 1. The van der Waals surface area contributed by atoms with Crippen LogP contribution < -0.4 is 10.9 Å². The van der Waals surface area contributed by atoms with Crippen LogP contribution in [0.4, 0.5) is 0 Å². The molecule has 1 amide bonds. The standard InChI is InChI=1S/C10H9N3OS/c14-9-6(5-11-13-9)10-12-7-3-1-2-4-8(7)15-10/h1-4,6,11H,5H2,(H,13,14). The molecule has 1 aliphatic rings. The zero-order chi connectivity index (χ0) is 10.3. The first-order valence-corrected chi connectivity index (χ1v) is 5.54. The molecule has 5 heteroatoms. The molecule has 2 N–H and O–H groups in total. The number of aromatic nitrogens is 1. The van der Waals surface area contributed by atoms with Crippen molar-refractivity contribution in [3.63, 3.8) is 0 Å². The van der Waals surface area contributed by atoms with Crippen LogP contribution in [-0.4, -0.2) is 17.4 Å². The van der Waals surface area contributed by atoms with Crippen molar-refractivity contribution in [3.8, 4) is 0 Å². The van der Waals surface area contributed by atoms with Crippen molar-refractivity contribution in [2.45, 2.75) is 5.92 Å². The highest BCUT2D eigenvalue weighted by atomic mass is 32.1. The molecule has 0 radical (unpaired) electrons. The lowest BCUT2D eigenvalue weighted by Gasteiger charge is -1.98. The topological polar surface area (TPSA) is 54.0 Å². The number of benzene rings is 1. The molecule has 1 saturated heterocycles. The molecule has 2 heterocycles. The third-order valence-corrected chi connectivity index (χ3v) is 3.59. The van der Waals surface area contributed by atoms with E-state index in [1.165, 1.54) is 0 Å². The summed E-state index contributed by atoms with van der Waals surface area (Å²) in [5.74, 6) is -0.128. The Morgan fingerprint density at radius 3 is 3.00 bits per heavy atom. The molecule has 1 unspecified atom stereocenters. The molecular formula is C10H9N3OS. The number of amides is 1. The van der Waals surface area contributed by atoms with Crippen LogP contribution in [0.5, 0.6) is 0 Å². The number of hydrazine groups is 1. The minimum atomic E-state index is -0.137. The van der Waals surface area contributed by atoms with Crippen molar-refractivity contribution in [2.75, 3.05) is 6.54 Å². The number of para-hydroxylation sites is 1. The molecule has 0 aliphatic carbocycles. The molecule has 1 atom stereocenters. The number of nitrogens with zero attached hydrogens (tertiary/aromatic N) is 1. The molecule has 1 fully saturated rings. The van der Waals surface area contributed by atoms with Gasteiger partial charge in [-0.1, -0.05) is 12.1 Å². The van der Waals surface area contributed by atoms with Gasteiger partial charge in [0.2, 0.25) is 5.91 Å². The van der Waals surface area contributed by atoms with Gasteiger partial charge in [0.1, 0.15) is 10.9 Å². The number of nitrogens with one attached hydrogen (secondary N) is 2. The highest BCUT2D eigenvalue weighted by Gasteiger charge is 2.28. The fraction of sp³-hybridized carbons (Fsp3) is 0.200. The van der Waals surface area contributed by atoms with E-state index in [1.54, 1.807) is 11.3 Å². The van der Waals surface area contributed by atoms with Gasteiger partial charge in [-0.25, -0.2) is 10.4 Å². The van der Waals surface area contributed by atoms with Crippen molar-refractivity contribution < 1.29 is 4.79 Å². The summed E-state index contributed by atoms with van der Waals surface area (Å²) in [5.41, 5.74) is 6.39. The normalized spacial score (nSPS) is 20.8. The largest absolute Gasteiger partial charge is 0.291 e. The molecule has 15 heavy (non-hydrogen) atoms. The lowest BCUT2D eigenvalue weighted by molar-refractivity contribution is -0.120. The molecule has 76 valence electrons. The van der Waals surface area contributed by atoms with Crippen LogP contribution in [0.15, 0.2) is 24.3 Å². The lowest BCUT2D eigenvalue weighted by Crippen LogP contribution is -2.25. The predicted molar refractivity (Wildman–Crippen MR) is 58.5 cm³/mol. The average molecular weight is 219 g/mol. The average Bonchev–Trinajstić information content (AvgIpc) is 2.82. The molecule has 3 rings (SSSR count). The zero-order valence-electron chi connectivity index (χ0n) is 7.86. The van der Waals surface area contributed by atoms with E-state index in [1.807, 2.05) is 24.3 Å². The van der Waals surface area contributed by atoms with Crippen LogP contribution in [0.3, 0.4) is 0 Å². The summed E-state index contributed by atoms with van der Waals surface area (Å²) in [6.45, 7) is 0.624. The Kier molecular flexibility index (Phi) is 1.93. The number of rotatable bonds is 1. The minimum Gasteiger partial charge on any atom is -0.291 e. The number of carbonyl (C=O) groups is 1. The molecule has 0 saturated carbocycles. The van der Waals surface area contributed by atoms with Crippen LogP contribution in [-0.2, 0) is 4.79 Å². The van der Waals surface area contributed by atoms with Gasteiger partial charge in [-0.3, -0.25) is 10.2 Å². The quantitative estimate of drug-likeness (QED) is 0.752. The van der Waals surface area contributed by atoms with Crippen LogP contribution in [0.2, 0.25) is 0 Å². The zero-order valence-corrected chi connectivity index (χ0v) is 8.67. The van der Waals surface area contributed by atoms with Gasteiger partial charge < -0.3 is 0 Å². The molecule has 2 aromatic rings. The summed E-state index contributed by atoms with van der Waals surface area (Å²) < 4.78 is 1.13. The SMILES string of the molecule is O=C1NNCC1c1nc2ccccc2s1. The second-order valence-electron chi connectivity index (χ2n) is 3.44. The molecular weight excluding hydrogens is 210 g/mol. The third kappa shape index (κ3) is 1.40. The summed E-state index contributed by atoms with van der Waals surface area (Å²) in [4.78, 5) is 15.9. The summed E-state index contributed by atoms with van der Waals surface area (Å²) in [7, 11) is 0. The summed E-state index contributed by atoms with van der Waals surface area (Å²) in [5, 5.41) is 0.888. The maximum absolute atomic E-state index is 11.4. The van der Waals surface area contributed by atoms with Crippen molar-refractivity contribution in [1.82, 2.24) is 15.8 Å². The summed E-state index contributed by atoms with van der Waals surface area (Å²) in [6.07, 6.45) is 0. The number of fused-ring (bicyclic) bond motifs is 1. The van der Waals surface area contributed by atoms with Gasteiger partial charge in [-0.15, -0.1) is 11.3 Å². The van der Waals surface area contributed by atoms with E-state index in [0.717, 1.165) is 15.2 Å². The van der Waals surface area contributed by atoms with Crippen LogP contribution in [0.25, 0.3) is 10.2 Å². The second-order valence-corrected chi connectivity index (χ2v) is 4.50. The Labute approximate surface area is 90.3 Å². The Balaban J connectivity index is 2.08. The maximum Gasteiger partial charge on any atom is 0.245 e. The Morgan fingerprint density at radius 1 is 1.40 bits per heavy atom. The van der Waals surface area contributed by atoms with Crippen molar-refractivity contribution in [1.29, 1.82) is 0 Å². The van der Waals surface area contributed by atoms with Crippen molar-refractivity contribution >= 4 is 27.5 Å². The van der Waals surface area contributed by atoms with Gasteiger partial charge >= 0.3 is 0 Å². The first kappa shape index (κ1) is 8.82. The van der Waals surface area contributed by atoms with E-state index >= 15 is 0 Å². The maximum atomic E-state index is 11.4. The van der Waals surface area contributed by atoms with Crippen LogP contribution in [0, 0.1) is 0 Å². The third-order valence-electron chi connectivity index (χ3n) is 2.44. The van der Waals surface area contributed by atoms with E-state index in [4.69, 9.17) is 0 Å². The van der Waals surface area contributed by atoms with Gasteiger partial charge in [-0.2, -0.15) is 0 Å².